The van der Waals surface area contributed by atoms with E-state index in [0.717, 1.165) is 34.3 Å². The van der Waals surface area contributed by atoms with E-state index in [4.69, 9.17) is 4.74 Å². The van der Waals surface area contributed by atoms with Gasteiger partial charge in [-0.1, -0.05) is 24.3 Å². The first-order valence-corrected chi connectivity index (χ1v) is 8.41. The minimum Gasteiger partial charge on any atom is -0.496 e. The van der Waals surface area contributed by atoms with Gasteiger partial charge in [-0.2, -0.15) is 5.10 Å². The zero-order valence-corrected chi connectivity index (χ0v) is 14.0. The summed E-state index contributed by atoms with van der Waals surface area (Å²) in [6.07, 6.45) is 2.41. The molecule has 1 aliphatic carbocycles. The lowest BCUT2D eigenvalue weighted by atomic mass is 10.0. The van der Waals surface area contributed by atoms with Crippen molar-refractivity contribution in [1.29, 1.82) is 0 Å². The number of amides is 2. The lowest BCUT2D eigenvalue weighted by Crippen LogP contribution is -2.30. The number of benzene rings is 2. The third kappa shape index (κ3) is 3.28. The molecule has 0 saturated heterocycles. The highest BCUT2D eigenvalue weighted by molar-refractivity contribution is 6.00. The first-order valence-electron chi connectivity index (χ1n) is 8.41. The van der Waals surface area contributed by atoms with Crippen LogP contribution in [0, 0.1) is 5.92 Å². The number of methoxy groups -OCH3 is 1. The number of carbonyl (C=O) groups is 1. The van der Waals surface area contributed by atoms with Gasteiger partial charge in [0.1, 0.15) is 5.75 Å². The van der Waals surface area contributed by atoms with Crippen LogP contribution in [0.15, 0.2) is 42.5 Å². The molecule has 1 heterocycles. The minimum atomic E-state index is -0.214. The summed E-state index contributed by atoms with van der Waals surface area (Å²) < 4.78 is 5.43. The summed E-state index contributed by atoms with van der Waals surface area (Å²) in [4.78, 5) is 12.0. The van der Waals surface area contributed by atoms with Crippen LogP contribution in [0.1, 0.15) is 12.8 Å². The molecule has 0 radical (unpaired) electrons. The molecule has 128 valence electrons. The van der Waals surface area contributed by atoms with Crippen LogP contribution in [0.4, 0.5) is 10.6 Å². The van der Waals surface area contributed by atoms with Crippen LogP contribution in [0.2, 0.25) is 0 Å². The second-order valence-electron chi connectivity index (χ2n) is 6.31. The molecular weight excluding hydrogens is 316 g/mol. The first kappa shape index (κ1) is 15.5. The highest BCUT2D eigenvalue weighted by Gasteiger charge is 2.21. The number of aromatic amines is 1. The average molecular weight is 336 g/mol. The predicted molar refractivity (Wildman–Crippen MR) is 97.8 cm³/mol. The molecule has 3 N–H and O–H groups in total. The highest BCUT2D eigenvalue weighted by atomic mass is 16.5. The smallest absolute Gasteiger partial charge is 0.320 e. The average Bonchev–Trinajstić information content (AvgIpc) is 3.40. The van der Waals surface area contributed by atoms with Crippen LogP contribution in [0.5, 0.6) is 5.75 Å². The molecule has 0 unspecified atom stereocenters. The topological polar surface area (TPSA) is 79.0 Å². The van der Waals surface area contributed by atoms with Crippen LogP contribution >= 0.6 is 0 Å². The van der Waals surface area contributed by atoms with Gasteiger partial charge >= 0.3 is 6.03 Å². The molecule has 0 aliphatic heterocycles. The van der Waals surface area contributed by atoms with Gasteiger partial charge in [0.2, 0.25) is 0 Å². The summed E-state index contributed by atoms with van der Waals surface area (Å²) in [5.74, 6) is 2.00. The number of nitrogens with one attached hydrogen (secondary N) is 3. The van der Waals surface area contributed by atoms with Gasteiger partial charge in [-0.25, -0.2) is 4.79 Å². The van der Waals surface area contributed by atoms with Gasteiger partial charge in [-0.15, -0.1) is 0 Å². The van der Waals surface area contributed by atoms with Gasteiger partial charge in [-0.05, 0) is 42.5 Å². The van der Waals surface area contributed by atoms with Crippen LogP contribution in [-0.2, 0) is 0 Å². The number of fused-ring (bicyclic) bond motifs is 1. The van der Waals surface area contributed by atoms with E-state index < -0.39 is 0 Å². The summed E-state index contributed by atoms with van der Waals surface area (Å²) >= 11 is 0. The van der Waals surface area contributed by atoms with Gasteiger partial charge < -0.3 is 10.1 Å². The molecule has 6 nitrogen and oxygen atoms in total. The second kappa shape index (κ2) is 6.47. The van der Waals surface area contributed by atoms with Crippen molar-refractivity contribution in [1.82, 2.24) is 15.5 Å². The zero-order chi connectivity index (χ0) is 17.2. The summed E-state index contributed by atoms with van der Waals surface area (Å²) in [5.41, 5.74) is 2.90. The number of ether oxygens (including phenoxy) is 1. The van der Waals surface area contributed by atoms with E-state index in [-0.39, 0.29) is 6.03 Å². The Hall–Kier alpha value is -3.02. The number of anilines is 1. The van der Waals surface area contributed by atoms with E-state index in [2.05, 4.69) is 20.8 Å². The van der Waals surface area contributed by atoms with Crippen molar-refractivity contribution in [2.24, 2.45) is 5.92 Å². The van der Waals surface area contributed by atoms with E-state index in [1.54, 1.807) is 7.11 Å². The summed E-state index contributed by atoms with van der Waals surface area (Å²) in [6.45, 7) is 0.728. The Morgan fingerprint density at radius 1 is 1.28 bits per heavy atom. The SMILES string of the molecule is COc1ccccc1-c1ccc2c(NC(=O)NCC3CC3)n[nH]c2c1. The quantitative estimate of drug-likeness (QED) is 0.663. The molecule has 1 aromatic heterocycles. The van der Waals surface area contributed by atoms with E-state index in [0.29, 0.717) is 11.7 Å². The molecule has 6 heteroatoms. The Morgan fingerprint density at radius 3 is 2.92 bits per heavy atom. The number of H-pyrrole nitrogens is 1. The molecule has 25 heavy (non-hydrogen) atoms. The van der Waals surface area contributed by atoms with Gasteiger partial charge in [0, 0.05) is 17.5 Å². The highest BCUT2D eigenvalue weighted by Crippen LogP contribution is 2.32. The Morgan fingerprint density at radius 2 is 2.12 bits per heavy atom. The van der Waals surface area contributed by atoms with Crippen molar-refractivity contribution < 1.29 is 9.53 Å². The normalized spacial score (nSPS) is 13.6. The summed E-state index contributed by atoms with van der Waals surface area (Å²) in [5, 5.41) is 13.8. The molecule has 1 fully saturated rings. The van der Waals surface area contributed by atoms with Crippen LogP contribution in [-0.4, -0.2) is 29.9 Å². The van der Waals surface area contributed by atoms with E-state index >= 15 is 0 Å². The van der Waals surface area contributed by atoms with Gasteiger partial charge in [-0.3, -0.25) is 10.4 Å². The second-order valence-corrected chi connectivity index (χ2v) is 6.31. The first-order chi connectivity index (χ1) is 12.2. The van der Waals surface area contributed by atoms with Crippen molar-refractivity contribution in [3.63, 3.8) is 0 Å². The number of carbonyl (C=O) groups excluding carboxylic acids is 1. The van der Waals surface area contributed by atoms with Crippen LogP contribution in [0.3, 0.4) is 0 Å². The molecule has 0 bridgehead atoms. The lowest BCUT2D eigenvalue weighted by molar-refractivity contribution is 0.251. The molecule has 1 saturated carbocycles. The van der Waals surface area contributed by atoms with Crippen LogP contribution < -0.4 is 15.4 Å². The fraction of sp³-hybridized carbons (Fsp3) is 0.263. The van der Waals surface area contributed by atoms with Crippen molar-refractivity contribution in [2.75, 3.05) is 19.0 Å². The Labute approximate surface area is 145 Å². The summed E-state index contributed by atoms with van der Waals surface area (Å²) in [7, 11) is 1.66. The van der Waals surface area contributed by atoms with E-state index in [1.165, 1.54) is 12.8 Å². The standard InChI is InChI=1S/C19H20N4O2/c1-25-17-5-3-2-4-14(17)13-8-9-15-16(10-13)22-23-18(15)21-19(24)20-11-12-6-7-12/h2-5,8-10,12H,6-7,11H2,1H3,(H3,20,21,22,23,24). The molecule has 0 spiro atoms. The van der Waals surface area contributed by atoms with Crippen molar-refractivity contribution in [2.45, 2.75) is 12.8 Å². The number of aromatic nitrogens is 2. The number of hydrogen-bond donors (Lipinski definition) is 3. The Bertz CT molecular complexity index is 915. The Balaban J connectivity index is 1.57. The molecule has 4 rings (SSSR count). The fourth-order valence-corrected chi connectivity index (χ4v) is 2.88. The van der Waals surface area contributed by atoms with Gasteiger partial charge in [0.15, 0.2) is 5.82 Å². The molecule has 3 aromatic rings. The molecule has 2 aromatic carbocycles. The summed E-state index contributed by atoms with van der Waals surface area (Å²) in [6, 6.07) is 13.6. The lowest BCUT2D eigenvalue weighted by Gasteiger charge is -2.08. The molecule has 1 aliphatic rings. The molecular formula is C19H20N4O2. The van der Waals surface area contributed by atoms with Crippen molar-refractivity contribution in [3.05, 3.63) is 42.5 Å². The maximum atomic E-state index is 12.0. The Kier molecular flexibility index (Phi) is 4.01. The van der Waals surface area contributed by atoms with Gasteiger partial charge in [0.05, 0.1) is 12.6 Å². The maximum Gasteiger partial charge on any atom is 0.320 e. The molecule has 0 atom stereocenters. The number of nitrogens with zero attached hydrogens (tertiary/aromatic N) is 1. The van der Waals surface area contributed by atoms with Crippen molar-refractivity contribution in [3.8, 4) is 16.9 Å². The third-order valence-electron chi connectivity index (χ3n) is 4.46. The number of urea groups is 1. The zero-order valence-electron chi connectivity index (χ0n) is 14.0. The minimum absolute atomic E-state index is 0.214. The number of para-hydroxylation sites is 1. The maximum absolute atomic E-state index is 12.0. The number of rotatable bonds is 5. The van der Waals surface area contributed by atoms with Crippen molar-refractivity contribution >= 4 is 22.8 Å². The van der Waals surface area contributed by atoms with Crippen LogP contribution in [0.25, 0.3) is 22.0 Å². The monoisotopic (exact) mass is 336 g/mol. The predicted octanol–water partition coefficient (Wildman–Crippen LogP) is 3.77. The van der Waals surface area contributed by atoms with E-state index in [1.807, 2.05) is 42.5 Å². The van der Waals surface area contributed by atoms with E-state index in [9.17, 15) is 4.79 Å². The molecule has 2 amide bonds. The number of hydrogen-bond acceptors (Lipinski definition) is 3. The fourth-order valence-electron chi connectivity index (χ4n) is 2.88. The largest absolute Gasteiger partial charge is 0.496 e. The van der Waals surface area contributed by atoms with Gasteiger partial charge in [0.25, 0.3) is 0 Å². The third-order valence-corrected chi connectivity index (χ3v) is 4.46.